The van der Waals surface area contributed by atoms with Gasteiger partial charge in [-0.05, 0) is 63.1 Å². The smallest absolute Gasteiger partial charge is 0.265 e. The highest BCUT2D eigenvalue weighted by Crippen LogP contribution is 2.23. The minimum absolute atomic E-state index is 0.226. The first kappa shape index (κ1) is 23.5. The lowest BCUT2D eigenvalue weighted by Crippen LogP contribution is -2.30. The molecule has 1 aliphatic heterocycles. The molecule has 0 spiro atoms. The molecule has 0 radical (unpaired) electrons. The van der Waals surface area contributed by atoms with Crippen molar-refractivity contribution in [2.24, 2.45) is 0 Å². The number of ether oxygens (including phenoxy) is 2. The molecule has 4 rings (SSSR count). The van der Waals surface area contributed by atoms with Crippen molar-refractivity contribution in [2.45, 2.75) is 45.6 Å². The molecule has 1 N–H and O–H groups in total. The molecule has 1 atom stereocenters. The van der Waals surface area contributed by atoms with E-state index in [1.807, 2.05) is 55.5 Å². The zero-order valence-electron chi connectivity index (χ0n) is 19.9. The Hall–Kier alpha value is -3.61. The third kappa shape index (κ3) is 6.25. The second kappa shape index (κ2) is 11.5. The molecule has 2 heterocycles. The molecule has 0 aliphatic carbocycles. The number of rotatable bonds is 8. The quantitative estimate of drug-likeness (QED) is 0.490. The first-order chi connectivity index (χ1) is 16.6. The highest BCUT2D eigenvalue weighted by molar-refractivity contribution is 5.94. The minimum Gasteiger partial charge on any atom is -0.494 e. The van der Waals surface area contributed by atoms with E-state index in [1.54, 1.807) is 19.1 Å². The van der Waals surface area contributed by atoms with Crippen molar-refractivity contribution in [2.75, 3.05) is 29.9 Å². The highest BCUT2D eigenvalue weighted by Gasteiger charge is 2.16. The molecule has 2 aromatic carbocycles. The molecule has 7 nitrogen and oxygen atoms in total. The topological polar surface area (TPSA) is 76.6 Å². The number of hydrogen-bond donors (Lipinski definition) is 1. The van der Waals surface area contributed by atoms with Gasteiger partial charge in [0.05, 0.1) is 12.3 Å². The predicted octanol–water partition coefficient (Wildman–Crippen LogP) is 5.33. The second-order valence-electron chi connectivity index (χ2n) is 8.41. The largest absolute Gasteiger partial charge is 0.494 e. The molecule has 1 fully saturated rings. The number of benzene rings is 2. The number of amides is 1. The average Bonchev–Trinajstić information content (AvgIpc) is 3.15. The SMILES string of the molecule is CCOc1cccc(OC(C)C(=O)Nc2ccc(-c3ccc(N4CCCCCC4)nn3)cc2)c1. The molecule has 7 heteroatoms. The Morgan fingerprint density at radius 3 is 2.38 bits per heavy atom. The molecular weight excluding hydrogens is 428 g/mol. The number of nitrogens with zero attached hydrogens (tertiary/aromatic N) is 3. The molecule has 0 saturated carbocycles. The Morgan fingerprint density at radius 2 is 1.71 bits per heavy atom. The third-order valence-corrected chi connectivity index (χ3v) is 5.83. The predicted molar refractivity (Wildman–Crippen MR) is 134 cm³/mol. The molecule has 1 aliphatic rings. The van der Waals surface area contributed by atoms with Gasteiger partial charge in [-0.2, -0.15) is 0 Å². The van der Waals surface area contributed by atoms with Crippen LogP contribution in [0.1, 0.15) is 39.5 Å². The Labute approximate surface area is 201 Å². The van der Waals surface area contributed by atoms with E-state index in [1.165, 1.54) is 25.7 Å². The molecule has 3 aromatic rings. The van der Waals surface area contributed by atoms with Gasteiger partial charge in [-0.15, -0.1) is 10.2 Å². The van der Waals surface area contributed by atoms with Gasteiger partial charge >= 0.3 is 0 Å². The number of nitrogens with one attached hydrogen (secondary N) is 1. The van der Waals surface area contributed by atoms with Crippen LogP contribution in [0.5, 0.6) is 11.5 Å². The van der Waals surface area contributed by atoms with Crippen molar-refractivity contribution < 1.29 is 14.3 Å². The Morgan fingerprint density at radius 1 is 0.971 bits per heavy atom. The summed E-state index contributed by atoms with van der Waals surface area (Å²) in [5.41, 5.74) is 2.45. The maximum absolute atomic E-state index is 12.6. The minimum atomic E-state index is -0.658. The van der Waals surface area contributed by atoms with Crippen LogP contribution in [0.3, 0.4) is 0 Å². The van der Waals surface area contributed by atoms with Crippen LogP contribution in [0, 0.1) is 0 Å². The summed E-state index contributed by atoms with van der Waals surface area (Å²) in [6.45, 7) is 6.31. The number of carbonyl (C=O) groups is 1. The summed E-state index contributed by atoms with van der Waals surface area (Å²) in [6, 6.07) is 18.9. The van der Waals surface area contributed by atoms with Crippen LogP contribution in [-0.2, 0) is 4.79 Å². The Balaban J connectivity index is 1.34. The molecule has 1 unspecified atom stereocenters. The maximum Gasteiger partial charge on any atom is 0.265 e. The monoisotopic (exact) mass is 460 g/mol. The summed E-state index contributed by atoms with van der Waals surface area (Å²) >= 11 is 0. The fourth-order valence-electron chi connectivity index (χ4n) is 3.98. The van der Waals surface area contributed by atoms with Crippen molar-refractivity contribution in [3.8, 4) is 22.8 Å². The number of hydrogen-bond acceptors (Lipinski definition) is 6. The zero-order chi connectivity index (χ0) is 23.8. The molecule has 34 heavy (non-hydrogen) atoms. The van der Waals surface area contributed by atoms with Crippen LogP contribution in [0.15, 0.2) is 60.7 Å². The molecule has 1 aromatic heterocycles. The van der Waals surface area contributed by atoms with Crippen LogP contribution < -0.4 is 19.7 Å². The van der Waals surface area contributed by atoms with Gasteiger partial charge in [0, 0.05) is 30.4 Å². The van der Waals surface area contributed by atoms with E-state index in [4.69, 9.17) is 9.47 Å². The zero-order valence-corrected chi connectivity index (χ0v) is 19.9. The van der Waals surface area contributed by atoms with E-state index in [2.05, 4.69) is 20.4 Å². The van der Waals surface area contributed by atoms with E-state index in [0.29, 0.717) is 23.8 Å². The fraction of sp³-hybridized carbons (Fsp3) is 0.370. The summed E-state index contributed by atoms with van der Waals surface area (Å²) in [7, 11) is 0. The molecule has 0 bridgehead atoms. The fourth-order valence-corrected chi connectivity index (χ4v) is 3.98. The summed E-state index contributed by atoms with van der Waals surface area (Å²) < 4.78 is 11.3. The van der Waals surface area contributed by atoms with E-state index < -0.39 is 6.10 Å². The van der Waals surface area contributed by atoms with Gasteiger partial charge in [-0.1, -0.05) is 31.0 Å². The number of anilines is 2. The van der Waals surface area contributed by atoms with Crippen LogP contribution in [0.2, 0.25) is 0 Å². The van der Waals surface area contributed by atoms with Crippen molar-refractivity contribution in [3.63, 3.8) is 0 Å². The number of carbonyl (C=O) groups excluding carboxylic acids is 1. The van der Waals surface area contributed by atoms with Gasteiger partial charge in [-0.25, -0.2) is 0 Å². The van der Waals surface area contributed by atoms with Crippen LogP contribution in [0.4, 0.5) is 11.5 Å². The Kier molecular flexibility index (Phi) is 7.96. The summed E-state index contributed by atoms with van der Waals surface area (Å²) in [6.07, 6.45) is 4.34. The lowest BCUT2D eigenvalue weighted by molar-refractivity contribution is -0.122. The van der Waals surface area contributed by atoms with Crippen molar-refractivity contribution >= 4 is 17.4 Å². The molecule has 1 amide bonds. The van der Waals surface area contributed by atoms with Crippen LogP contribution in [0.25, 0.3) is 11.3 Å². The van der Waals surface area contributed by atoms with E-state index in [9.17, 15) is 4.79 Å². The first-order valence-corrected chi connectivity index (χ1v) is 12.0. The van der Waals surface area contributed by atoms with E-state index in [-0.39, 0.29) is 5.91 Å². The van der Waals surface area contributed by atoms with Gasteiger partial charge in [0.15, 0.2) is 11.9 Å². The second-order valence-corrected chi connectivity index (χ2v) is 8.41. The Bertz CT molecular complexity index is 1060. The van der Waals surface area contributed by atoms with Gasteiger partial charge in [-0.3, -0.25) is 4.79 Å². The van der Waals surface area contributed by atoms with Crippen molar-refractivity contribution in [3.05, 3.63) is 60.7 Å². The van der Waals surface area contributed by atoms with E-state index >= 15 is 0 Å². The molecular formula is C27H32N4O3. The summed E-state index contributed by atoms with van der Waals surface area (Å²) in [4.78, 5) is 14.9. The van der Waals surface area contributed by atoms with Gasteiger partial charge in [0.25, 0.3) is 5.91 Å². The standard InChI is InChI=1S/C27H32N4O3/c1-3-33-23-9-8-10-24(19-23)34-20(2)27(32)28-22-13-11-21(12-14-22)25-15-16-26(30-29-25)31-17-6-4-5-7-18-31/h8-16,19-20H,3-7,17-18H2,1-2H3,(H,28,32). The first-order valence-electron chi connectivity index (χ1n) is 12.0. The highest BCUT2D eigenvalue weighted by atomic mass is 16.5. The van der Waals surface area contributed by atoms with Gasteiger partial charge < -0.3 is 19.7 Å². The summed E-state index contributed by atoms with van der Waals surface area (Å²) in [5, 5.41) is 11.8. The maximum atomic E-state index is 12.6. The van der Waals surface area contributed by atoms with Crippen molar-refractivity contribution in [1.82, 2.24) is 10.2 Å². The lowest BCUT2D eigenvalue weighted by Gasteiger charge is -2.20. The van der Waals surface area contributed by atoms with Crippen molar-refractivity contribution in [1.29, 1.82) is 0 Å². The summed E-state index contributed by atoms with van der Waals surface area (Å²) in [5.74, 6) is 2.02. The number of aromatic nitrogens is 2. The normalized spacial score (nSPS) is 14.7. The third-order valence-electron chi connectivity index (χ3n) is 5.83. The average molecular weight is 461 g/mol. The van der Waals surface area contributed by atoms with Gasteiger partial charge in [0.2, 0.25) is 0 Å². The van der Waals surface area contributed by atoms with Gasteiger partial charge in [0.1, 0.15) is 11.5 Å². The molecule has 178 valence electrons. The molecule has 1 saturated heterocycles. The van der Waals surface area contributed by atoms with E-state index in [0.717, 1.165) is 30.2 Å². The van der Waals surface area contributed by atoms with Crippen LogP contribution >= 0.6 is 0 Å². The van der Waals surface area contributed by atoms with Crippen LogP contribution in [-0.4, -0.2) is 41.9 Å². The lowest BCUT2D eigenvalue weighted by atomic mass is 10.1.